The molecule has 1 aromatic carbocycles. The van der Waals surface area contributed by atoms with Crippen LogP contribution in [-0.2, 0) is 10.0 Å². The highest BCUT2D eigenvalue weighted by molar-refractivity contribution is 7.89. The number of anilines is 1. The second-order valence-corrected chi connectivity index (χ2v) is 5.57. The molecule has 110 valence electrons. The van der Waals surface area contributed by atoms with E-state index in [4.69, 9.17) is 10.2 Å². The molecule has 0 saturated carbocycles. The number of aromatic carboxylic acids is 1. The Balaban J connectivity index is 3.16. The molecular weight excluding hydrogens is 284 g/mol. The van der Waals surface area contributed by atoms with E-state index < -0.39 is 16.0 Å². The first-order chi connectivity index (χ1) is 9.42. The number of benzene rings is 1. The molecular formula is C12H16N2O5S. The number of aliphatic hydroxyl groups is 1. The maximum atomic E-state index is 11.8. The lowest BCUT2D eigenvalue weighted by Crippen LogP contribution is -2.27. The third kappa shape index (κ3) is 4.05. The summed E-state index contributed by atoms with van der Waals surface area (Å²) in [4.78, 5) is 11.0. The van der Waals surface area contributed by atoms with Gasteiger partial charge in [-0.15, -0.1) is 6.58 Å². The van der Waals surface area contributed by atoms with E-state index in [9.17, 15) is 13.2 Å². The van der Waals surface area contributed by atoms with Gasteiger partial charge in [0.1, 0.15) is 0 Å². The van der Waals surface area contributed by atoms with Gasteiger partial charge in [0.2, 0.25) is 10.0 Å². The van der Waals surface area contributed by atoms with Crippen molar-refractivity contribution in [2.24, 2.45) is 0 Å². The third-order valence-electron chi connectivity index (χ3n) is 2.37. The van der Waals surface area contributed by atoms with Crippen molar-refractivity contribution < 1.29 is 23.4 Å². The maximum Gasteiger partial charge on any atom is 0.337 e. The quantitative estimate of drug-likeness (QED) is 0.512. The number of hydrogen-bond acceptors (Lipinski definition) is 5. The fourth-order valence-electron chi connectivity index (χ4n) is 1.47. The van der Waals surface area contributed by atoms with Crippen LogP contribution in [0.15, 0.2) is 35.7 Å². The van der Waals surface area contributed by atoms with E-state index in [-0.39, 0.29) is 23.6 Å². The second kappa shape index (κ2) is 7.04. The van der Waals surface area contributed by atoms with Gasteiger partial charge in [0, 0.05) is 18.8 Å². The van der Waals surface area contributed by atoms with Crippen LogP contribution in [0.2, 0.25) is 0 Å². The lowest BCUT2D eigenvalue weighted by atomic mass is 10.2. The predicted molar refractivity (Wildman–Crippen MR) is 74.4 cm³/mol. The van der Waals surface area contributed by atoms with Crippen molar-refractivity contribution in [2.75, 3.05) is 25.0 Å². The first-order valence-electron chi connectivity index (χ1n) is 5.75. The Morgan fingerprint density at radius 1 is 1.40 bits per heavy atom. The summed E-state index contributed by atoms with van der Waals surface area (Å²) < 4.78 is 25.8. The smallest absolute Gasteiger partial charge is 0.337 e. The summed E-state index contributed by atoms with van der Waals surface area (Å²) in [5.41, 5.74) is 0.150. The molecule has 7 nitrogen and oxygen atoms in total. The molecule has 0 radical (unpaired) electrons. The molecule has 4 N–H and O–H groups in total. The molecule has 0 atom stereocenters. The van der Waals surface area contributed by atoms with Crippen molar-refractivity contribution in [3.05, 3.63) is 36.4 Å². The number of nitrogens with one attached hydrogen (secondary N) is 2. The van der Waals surface area contributed by atoms with Gasteiger partial charge in [-0.1, -0.05) is 6.08 Å². The van der Waals surface area contributed by atoms with Crippen LogP contribution >= 0.6 is 0 Å². The van der Waals surface area contributed by atoms with Crippen LogP contribution in [0.4, 0.5) is 5.69 Å². The normalized spacial score (nSPS) is 11.1. The molecule has 0 aliphatic heterocycles. The van der Waals surface area contributed by atoms with E-state index in [1.165, 1.54) is 12.1 Å². The first kappa shape index (κ1) is 16.2. The SMILES string of the molecule is C=CCNc1ccc(S(=O)(=O)NCCO)cc1C(=O)O. The van der Waals surface area contributed by atoms with Crippen LogP contribution in [-0.4, -0.2) is 44.3 Å². The molecule has 0 bridgehead atoms. The van der Waals surface area contributed by atoms with Crippen molar-refractivity contribution in [1.29, 1.82) is 0 Å². The number of rotatable bonds is 8. The number of sulfonamides is 1. The second-order valence-electron chi connectivity index (χ2n) is 3.80. The van der Waals surface area contributed by atoms with Gasteiger partial charge < -0.3 is 15.5 Å². The van der Waals surface area contributed by atoms with E-state index in [0.29, 0.717) is 12.2 Å². The molecule has 8 heteroatoms. The standard InChI is InChI=1S/C12H16N2O5S/c1-2-5-13-11-4-3-9(8-10(11)12(16)17)20(18,19)14-6-7-15/h2-4,8,13-15H,1,5-7H2,(H,16,17). The van der Waals surface area contributed by atoms with Gasteiger partial charge in [0.05, 0.1) is 17.1 Å². The van der Waals surface area contributed by atoms with Gasteiger partial charge in [0.25, 0.3) is 0 Å². The summed E-state index contributed by atoms with van der Waals surface area (Å²) in [5, 5.41) is 20.5. The molecule has 1 aromatic rings. The average molecular weight is 300 g/mol. The molecule has 0 amide bonds. The molecule has 0 fully saturated rings. The van der Waals surface area contributed by atoms with Crippen LogP contribution in [0.25, 0.3) is 0 Å². The zero-order chi connectivity index (χ0) is 15.2. The highest BCUT2D eigenvalue weighted by atomic mass is 32.2. The summed E-state index contributed by atoms with van der Waals surface area (Å²) in [6.07, 6.45) is 1.55. The lowest BCUT2D eigenvalue weighted by Gasteiger charge is -2.11. The number of hydrogen-bond donors (Lipinski definition) is 4. The molecule has 0 unspecified atom stereocenters. The van der Waals surface area contributed by atoms with Crippen LogP contribution in [0, 0.1) is 0 Å². The molecule has 20 heavy (non-hydrogen) atoms. The zero-order valence-corrected chi connectivity index (χ0v) is 11.5. The maximum absolute atomic E-state index is 11.8. The fourth-order valence-corrected chi connectivity index (χ4v) is 2.51. The van der Waals surface area contributed by atoms with Crippen molar-refractivity contribution in [3.63, 3.8) is 0 Å². The fraction of sp³-hybridized carbons (Fsp3) is 0.250. The molecule has 0 heterocycles. The average Bonchev–Trinajstić information content (AvgIpc) is 2.42. The predicted octanol–water partition coefficient (Wildman–Crippen LogP) is 0.253. The minimum atomic E-state index is -3.84. The summed E-state index contributed by atoms with van der Waals surface area (Å²) in [6.45, 7) is 3.38. The molecule has 0 aromatic heterocycles. The van der Waals surface area contributed by atoms with Gasteiger partial charge in [-0.2, -0.15) is 0 Å². The van der Waals surface area contributed by atoms with Crippen LogP contribution in [0.3, 0.4) is 0 Å². The van der Waals surface area contributed by atoms with E-state index in [2.05, 4.69) is 16.6 Å². The van der Waals surface area contributed by atoms with Crippen molar-refractivity contribution in [2.45, 2.75) is 4.90 Å². The van der Waals surface area contributed by atoms with E-state index >= 15 is 0 Å². The molecule has 0 aliphatic carbocycles. The van der Waals surface area contributed by atoms with E-state index in [0.717, 1.165) is 6.07 Å². The largest absolute Gasteiger partial charge is 0.478 e. The van der Waals surface area contributed by atoms with Crippen LogP contribution in [0.5, 0.6) is 0 Å². The topological polar surface area (TPSA) is 116 Å². The lowest BCUT2D eigenvalue weighted by molar-refractivity contribution is 0.0697. The van der Waals surface area contributed by atoms with Gasteiger partial charge in [-0.25, -0.2) is 17.9 Å². The minimum Gasteiger partial charge on any atom is -0.478 e. The summed E-state index contributed by atoms with van der Waals surface area (Å²) in [7, 11) is -3.84. The summed E-state index contributed by atoms with van der Waals surface area (Å²) >= 11 is 0. The van der Waals surface area contributed by atoms with Crippen LogP contribution < -0.4 is 10.0 Å². The molecule has 1 rings (SSSR count). The van der Waals surface area contributed by atoms with Gasteiger partial charge in [-0.3, -0.25) is 0 Å². The Morgan fingerprint density at radius 2 is 2.10 bits per heavy atom. The van der Waals surface area contributed by atoms with E-state index in [1.54, 1.807) is 6.08 Å². The minimum absolute atomic E-state index is 0.138. The monoisotopic (exact) mass is 300 g/mol. The Bertz CT molecular complexity index is 598. The van der Waals surface area contributed by atoms with Crippen molar-refractivity contribution in [1.82, 2.24) is 4.72 Å². The van der Waals surface area contributed by atoms with Gasteiger partial charge in [0.15, 0.2) is 0 Å². The third-order valence-corrected chi connectivity index (χ3v) is 3.83. The molecule has 0 spiro atoms. The van der Waals surface area contributed by atoms with Gasteiger partial charge >= 0.3 is 5.97 Å². The number of aliphatic hydroxyl groups excluding tert-OH is 1. The highest BCUT2D eigenvalue weighted by Gasteiger charge is 2.18. The molecule has 0 aliphatic rings. The van der Waals surface area contributed by atoms with Crippen molar-refractivity contribution >= 4 is 21.7 Å². The Morgan fingerprint density at radius 3 is 2.65 bits per heavy atom. The highest BCUT2D eigenvalue weighted by Crippen LogP contribution is 2.20. The number of carbonyl (C=O) groups is 1. The molecule has 0 saturated heterocycles. The Kier molecular flexibility index (Phi) is 5.68. The first-order valence-corrected chi connectivity index (χ1v) is 7.23. The zero-order valence-electron chi connectivity index (χ0n) is 10.7. The van der Waals surface area contributed by atoms with E-state index in [1.807, 2.05) is 0 Å². The Labute approximate surface area is 117 Å². The Hall–Kier alpha value is -1.90. The van der Waals surface area contributed by atoms with Crippen molar-refractivity contribution in [3.8, 4) is 0 Å². The summed E-state index contributed by atoms with van der Waals surface area (Å²) in [6, 6.07) is 3.73. The number of carboxylic acids is 1. The summed E-state index contributed by atoms with van der Waals surface area (Å²) in [5.74, 6) is -1.24. The van der Waals surface area contributed by atoms with Crippen LogP contribution in [0.1, 0.15) is 10.4 Å². The van der Waals surface area contributed by atoms with Gasteiger partial charge in [-0.05, 0) is 18.2 Å². The number of carboxylic acid groups (broad SMARTS) is 1.